The van der Waals surface area contributed by atoms with Gasteiger partial charge in [-0.3, -0.25) is 9.59 Å². The lowest BCUT2D eigenvalue weighted by Crippen LogP contribution is -2.42. The monoisotopic (exact) mass is 241 g/mol. The minimum Gasteiger partial charge on any atom is -0.399 e. The summed E-state index contributed by atoms with van der Waals surface area (Å²) in [6.07, 6.45) is 0. The molecule has 0 aliphatic rings. The Morgan fingerprint density at radius 1 is 1.38 bits per heavy atom. The third-order valence-corrected chi connectivity index (χ3v) is 2.17. The molecule has 86 valence electrons. The number of hydrogen-bond donors (Lipinski definition) is 3. The highest BCUT2D eigenvalue weighted by atomic mass is 35.5. The van der Waals surface area contributed by atoms with E-state index in [1.54, 1.807) is 0 Å². The van der Waals surface area contributed by atoms with Gasteiger partial charge in [-0.1, -0.05) is 11.6 Å². The van der Waals surface area contributed by atoms with Crippen LogP contribution < -0.4 is 16.8 Å². The molecule has 5 N–H and O–H groups in total. The van der Waals surface area contributed by atoms with Crippen LogP contribution in [-0.2, 0) is 4.79 Å². The molecule has 0 aliphatic heterocycles. The van der Waals surface area contributed by atoms with E-state index in [4.69, 9.17) is 23.1 Å². The van der Waals surface area contributed by atoms with Crippen LogP contribution in [0.3, 0.4) is 0 Å². The van der Waals surface area contributed by atoms with Crippen LogP contribution in [0, 0.1) is 0 Å². The molecule has 0 radical (unpaired) electrons. The van der Waals surface area contributed by atoms with Crippen molar-refractivity contribution in [1.29, 1.82) is 0 Å². The summed E-state index contributed by atoms with van der Waals surface area (Å²) < 4.78 is 0. The molecule has 1 aromatic carbocycles. The summed E-state index contributed by atoms with van der Waals surface area (Å²) in [6.45, 7) is 1.49. The van der Waals surface area contributed by atoms with E-state index in [2.05, 4.69) is 5.32 Å². The summed E-state index contributed by atoms with van der Waals surface area (Å²) in [5.74, 6) is -1.05. The Bertz CT molecular complexity index is 414. The molecule has 0 heterocycles. The lowest BCUT2D eigenvalue weighted by Gasteiger charge is -2.10. The quantitative estimate of drug-likeness (QED) is 0.673. The van der Waals surface area contributed by atoms with E-state index >= 15 is 0 Å². The molecule has 0 fully saturated rings. The average Bonchev–Trinajstić information content (AvgIpc) is 2.15. The Hall–Kier alpha value is -1.75. The normalized spacial score (nSPS) is 11.9. The number of nitrogen functional groups attached to an aromatic ring is 1. The first-order chi connectivity index (χ1) is 7.40. The molecule has 1 unspecified atom stereocenters. The summed E-state index contributed by atoms with van der Waals surface area (Å²) in [5, 5.41) is 2.78. The first kappa shape index (κ1) is 12.3. The van der Waals surface area contributed by atoms with Gasteiger partial charge in [0, 0.05) is 16.3 Å². The number of carbonyl (C=O) groups excluding carboxylic acids is 2. The smallest absolute Gasteiger partial charge is 0.252 e. The first-order valence-corrected chi connectivity index (χ1v) is 4.94. The standard InChI is InChI=1S/C10H12ClN3O2/c1-5(9(13)15)14-10(16)6-2-7(11)4-8(12)3-6/h2-5H,12H2,1H3,(H2,13,15)(H,14,16). The van der Waals surface area contributed by atoms with Gasteiger partial charge in [0.05, 0.1) is 0 Å². The van der Waals surface area contributed by atoms with Gasteiger partial charge >= 0.3 is 0 Å². The van der Waals surface area contributed by atoms with Gasteiger partial charge in [-0.05, 0) is 25.1 Å². The van der Waals surface area contributed by atoms with Crippen molar-refractivity contribution in [2.75, 3.05) is 5.73 Å². The maximum atomic E-state index is 11.6. The molecule has 1 rings (SSSR count). The highest BCUT2D eigenvalue weighted by Gasteiger charge is 2.14. The molecule has 0 saturated heterocycles. The number of carbonyl (C=O) groups is 2. The second-order valence-electron chi connectivity index (χ2n) is 3.37. The summed E-state index contributed by atoms with van der Waals surface area (Å²) >= 11 is 5.74. The number of nitrogens with two attached hydrogens (primary N) is 2. The lowest BCUT2D eigenvalue weighted by atomic mass is 10.2. The number of halogens is 1. The molecule has 1 atom stereocenters. The second kappa shape index (κ2) is 4.85. The topological polar surface area (TPSA) is 98.2 Å². The van der Waals surface area contributed by atoms with Crippen LogP contribution in [0.25, 0.3) is 0 Å². The van der Waals surface area contributed by atoms with E-state index in [-0.39, 0.29) is 5.56 Å². The highest BCUT2D eigenvalue weighted by Crippen LogP contribution is 2.16. The SMILES string of the molecule is CC(NC(=O)c1cc(N)cc(Cl)c1)C(N)=O. The van der Waals surface area contributed by atoms with Crippen molar-refractivity contribution in [2.45, 2.75) is 13.0 Å². The predicted molar refractivity (Wildman–Crippen MR) is 62.0 cm³/mol. The zero-order chi connectivity index (χ0) is 12.3. The van der Waals surface area contributed by atoms with Crippen molar-refractivity contribution in [3.8, 4) is 0 Å². The number of nitrogens with one attached hydrogen (secondary N) is 1. The zero-order valence-corrected chi connectivity index (χ0v) is 9.41. The van der Waals surface area contributed by atoms with Crippen molar-refractivity contribution in [3.05, 3.63) is 28.8 Å². The van der Waals surface area contributed by atoms with Crippen LogP contribution in [0.2, 0.25) is 5.02 Å². The van der Waals surface area contributed by atoms with Gasteiger partial charge in [-0.25, -0.2) is 0 Å². The van der Waals surface area contributed by atoms with Gasteiger partial charge in [0.2, 0.25) is 5.91 Å². The number of benzene rings is 1. The highest BCUT2D eigenvalue weighted by molar-refractivity contribution is 6.31. The Morgan fingerprint density at radius 2 is 2.00 bits per heavy atom. The summed E-state index contributed by atoms with van der Waals surface area (Å²) in [4.78, 5) is 22.4. The van der Waals surface area contributed by atoms with Crippen LogP contribution in [0.1, 0.15) is 17.3 Å². The number of amides is 2. The van der Waals surface area contributed by atoms with Crippen LogP contribution in [-0.4, -0.2) is 17.9 Å². The molecule has 16 heavy (non-hydrogen) atoms. The Labute approximate surface area is 97.7 Å². The van der Waals surface area contributed by atoms with E-state index in [1.165, 1.54) is 25.1 Å². The van der Waals surface area contributed by atoms with Crippen molar-refractivity contribution in [3.63, 3.8) is 0 Å². The van der Waals surface area contributed by atoms with Crippen molar-refractivity contribution < 1.29 is 9.59 Å². The first-order valence-electron chi connectivity index (χ1n) is 4.56. The fraction of sp³-hybridized carbons (Fsp3) is 0.200. The fourth-order valence-electron chi connectivity index (χ4n) is 1.09. The van der Waals surface area contributed by atoms with E-state index in [0.29, 0.717) is 10.7 Å². The van der Waals surface area contributed by atoms with Gasteiger partial charge < -0.3 is 16.8 Å². The molecule has 0 bridgehead atoms. The fourth-order valence-corrected chi connectivity index (χ4v) is 1.34. The van der Waals surface area contributed by atoms with E-state index in [0.717, 1.165) is 0 Å². The molecular formula is C10H12ClN3O2. The van der Waals surface area contributed by atoms with Gasteiger partial charge in [0.1, 0.15) is 6.04 Å². The van der Waals surface area contributed by atoms with E-state index < -0.39 is 17.9 Å². The van der Waals surface area contributed by atoms with E-state index in [9.17, 15) is 9.59 Å². The average molecular weight is 242 g/mol. The largest absolute Gasteiger partial charge is 0.399 e. The zero-order valence-electron chi connectivity index (χ0n) is 8.66. The van der Waals surface area contributed by atoms with Crippen molar-refractivity contribution in [1.82, 2.24) is 5.32 Å². The Kier molecular flexibility index (Phi) is 3.73. The molecular weight excluding hydrogens is 230 g/mol. The van der Waals surface area contributed by atoms with E-state index in [1.807, 2.05) is 0 Å². The maximum absolute atomic E-state index is 11.6. The molecule has 6 heteroatoms. The second-order valence-corrected chi connectivity index (χ2v) is 3.81. The number of anilines is 1. The minimum absolute atomic E-state index is 0.290. The number of primary amides is 1. The van der Waals surface area contributed by atoms with Crippen LogP contribution >= 0.6 is 11.6 Å². The number of hydrogen-bond acceptors (Lipinski definition) is 3. The molecule has 0 spiro atoms. The molecule has 1 aromatic rings. The van der Waals surface area contributed by atoms with Gasteiger partial charge in [-0.2, -0.15) is 0 Å². The third kappa shape index (κ3) is 3.13. The minimum atomic E-state index is -0.743. The van der Waals surface area contributed by atoms with Gasteiger partial charge in [0.15, 0.2) is 0 Å². The van der Waals surface area contributed by atoms with Crippen molar-refractivity contribution in [2.24, 2.45) is 5.73 Å². The molecule has 0 saturated carbocycles. The van der Waals surface area contributed by atoms with Crippen LogP contribution in [0.5, 0.6) is 0 Å². The van der Waals surface area contributed by atoms with Crippen LogP contribution in [0.4, 0.5) is 5.69 Å². The molecule has 0 aliphatic carbocycles. The Balaban J connectivity index is 2.84. The summed E-state index contributed by atoms with van der Waals surface area (Å²) in [7, 11) is 0. The predicted octanol–water partition coefficient (Wildman–Crippen LogP) is 0.526. The third-order valence-electron chi connectivity index (χ3n) is 1.96. The Morgan fingerprint density at radius 3 is 2.50 bits per heavy atom. The summed E-state index contributed by atoms with van der Waals surface area (Å²) in [6, 6.07) is 3.71. The molecule has 5 nitrogen and oxygen atoms in total. The summed E-state index contributed by atoms with van der Waals surface area (Å²) in [5.41, 5.74) is 11.2. The van der Waals surface area contributed by atoms with Gasteiger partial charge in [0.25, 0.3) is 5.91 Å². The molecule has 2 amide bonds. The van der Waals surface area contributed by atoms with Crippen LogP contribution in [0.15, 0.2) is 18.2 Å². The number of rotatable bonds is 3. The van der Waals surface area contributed by atoms with Crippen molar-refractivity contribution >= 4 is 29.1 Å². The lowest BCUT2D eigenvalue weighted by molar-refractivity contribution is -0.119. The maximum Gasteiger partial charge on any atom is 0.252 e. The van der Waals surface area contributed by atoms with Gasteiger partial charge in [-0.15, -0.1) is 0 Å². The molecule has 0 aromatic heterocycles.